The number of aromatic nitrogens is 1. The third-order valence-corrected chi connectivity index (χ3v) is 5.92. The first kappa shape index (κ1) is 14.2. The molecule has 1 heterocycles. The van der Waals surface area contributed by atoms with E-state index in [1.165, 1.54) is 0 Å². The highest BCUT2D eigenvalue weighted by Crippen LogP contribution is 2.35. The Bertz CT molecular complexity index is 965. The Balaban J connectivity index is 1.86. The van der Waals surface area contributed by atoms with Gasteiger partial charge in [-0.25, -0.2) is 8.42 Å². The Kier molecular flexibility index (Phi) is 3.31. The van der Waals surface area contributed by atoms with Gasteiger partial charge in [-0.2, -0.15) is 0 Å². The van der Waals surface area contributed by atoms with Gasteiger partial charge in [-0.15, -0.1) is 0 Å². The molecule has 0 aliphatic heterocycles. The van der Waals surface area contributed by atoms with Crippen LogP contribution in [0.15, 0.2) is 60.8 Å². The quantitative estimate of drug-likeness (QED) is 0.794. The van der Waals surface area contributed by atoms with Crippen LogP contribution in [0.3, 0.4) is 0 Å². The predicted molar refractivity (Wildman–Crippen MR) is 92.7 cm³/mol. The minimum Gasteiger partial charge on any atom is -0.281 e. The second kappa shape index (κ2) is 5.35. The zero-order valence-corrected chi connectivity index (χ0v) is 13.3. The second-order valence-electron chi connectivity index (χ2n) is 5.77. The molecule has 23 heavy (non-hydrogen) atoms. The van der Waals surface area contributed by atoms with Gasteiger partial charge in [-0.3, -0.25) is 9.71 Å². The smallest absolute Gasteiger partial charge is 0.235 e. The third-order valence-electron chi connectivity index (χ3n) is 4.07. The zero-order valence-electron chi connectivity index (χ0n) is 12.4. The Morgan fingerprint density at radius 2 is 1.74 bits per heavy atom. The molecule has 5 heteroatoms. The summed E-state index contributed by atoms with van der Waals surface area (Å²) in [4.78, 5) is 4.40. The van der Waals surface area contributed by atoms with E-state index < -0.39 is 10.0 Å². The number of nitrogens with one attached hydrogen (secondary N) is 1. The number of hydrogen-bond acceptors (Lipinski definition) is 3. The van der Waals surface area contributed by atoms with Crippen molar-refractivity contribution < 1.29 is 8.42 Å². The van der Waals surface area contributed by atoms with Gasteiger partial charge in [0, 0.05) is 11.6 Å². The molecule has 1 N–H and O–H groups in total. The van der Waals surface area contributed by atoms with E-state index in [1.807, 2.05) is 48.5 Å². The number of fused-ring (bicyclic) bond motifs is 1. The average molecular weight is 324 g/mol. The third kappa shape index (κ3) is 2.68. The Morgan fingerprint density at radius 3 is 2.48 bits per heavy atom. The maximum absolute atomic E-state index is 12.2. The van der Waals surface area contributed by atoms with E-state index in [-0.39, 0.29) is 5.25 Å². The molecule has 1 saturated carbocycles. The molecule has 1 fully saturated rings. The summed E-state index contributed by atoms with van der Waals surface area (Å²) in [5.74, 6) is 0. The van der Waals surface area contributed by atoms with Crippen LogP contribution in [-0.4, -0.2) is 18.7 Å². The summed E-state index contributed by atoms with van der Waals surface area (Å²) in [6.45, 7) is 0. The van der Waals surface area contributed by atoms with Crippen molar-refractivity contribution in [2.45, 2.75) is 18.1 Å². The summed E-state index contributed by atoms with van der Waals surface area (Å²) < 4.78 is 27.2. The maximum atomic E-state index is 12.2. The van der Waals surface area contributed by atoms with Crippen LogP contribution in [0.1, 0.15) is 12.8 Å². The molecule has 0 unspecified atom stereocenters. The van der Waals surface area contributed by atoms with Gasteiger partial charge in [-0.05, 0) is 36.1 Å². The molecule has 116 valence electrons. The van der Waals surface area contributed by atoms with E-state index in [2.05, 4.69) is 9.71 Å². The molecular formula is C18H16N2O2S. The molecule has 2 aromatic carbocycles. The maximum Gasteiger partial charge on any atom is 0.235 e. The van der Waals surface area contributed by atoms with Crippen LogP contribution in [0.2, 0.25) is 0 Å². The summed E-state index contributed by atoms with van der Waals surface area (Å²) in [5.41, 5.74) is 3.36. The Morgan fingerprint density at radius 1 is 0.957 bits per heavy atom. The monoisotopic (exact) mass is 324 g/mol. The van der Waals surface area contributed by atoms with E-state index in [0.717, 1.165) is 29.4 Å². The molecule has 0 atom stereocenters. The molecule has 0 bridgehead atoms. The molecular weight excluding hydrogens is 308 g/mol. The minimum atomic E-state index is -3.30. The number of pyridine rings is 1. The van der Waals surface area contributed by atoms with Crippen molar-refractivity contribution in [3.05, 3.63) is 60.8 Å². The van der Waals surface area contributed by atoms with Crippen molar-refractivity contribution in [1.82, 2.24) is 4.98 Å². The van der Waals surface area contributed by atoms with Crippen LogP contribution in [0, 0.1) is 0 Å². The normalized spacial score (nSPS) is 14.8. The highest BCUT2D eigenvalue weighted by molar-refractivity contribution is 7.93. The fourth-order valence-corrected chi connectivity index (χ4v) is 4.13. The van der Waals surface area contributed by atoms with Gasteiger partial charge in [0.1, 0.15) is 0 Å². The fraction of sp³-hybridized carbons (Fsp3) is 0.167. The number of benzene rings is 2. The van der Waals surface area contributed by atoms with Gasteiger partial charge >= 0.3 is 0 Å². The molecule has 3 aromatic rings. The van der Waals surface area contributed by atoms with E-state index >= 15 is 0 Å². The first-order valence-electron chi connectivity index (χ1n) is 7.60. The number of anilines is 1. The van der Waals surface area contributed by atoms with E-state index in [4.69, 9.17) is 0 Å². The standard InChI is InChI=1S/C18H16N2O2S/c21-23(22,14-8-9-14)20-17-11-10-15(13-5-2-1-3-6-13)16-7-4-12-19-18(16)17/h1-7,10-12,14,20H,8-9H2. The summed E-state index contributed by atoms with van der Waals surface area (Å²) in [5, 5.41) is 0.685. The van der Waals surface area contributed by atoms with Crippen LogP contribution in [0.4, 0.5) is 5.69 Å². The predicted octanol–water partition coefficient (Wildman–Crippen LogP) is 3.81. The summed E-state index contributed by atoms with van der Waals surface area (Å²) >= 11 is 0. The van der Waals surface area contributed by atoms with Gasteiger partial charge < -0.3 is 0 Å². The summed E-state index contributed by atoms with van der Waals surface area (Å²) in [7, 11) is -3.30. The zero-order chi connectivity index (χ0) is 15.9. The molecule has 4 rings (SSSR count). The fourth-order valence-electron chi connectivity index (χ4n) is 2.74. The molecule has 1 aliphatic rings. The van der Waals surface area contributed by atoms with Gasteiger partial charge in [0.05, 0.1) is 16.5 Å². The van der Waals surface area contributed by atoms with Gasteiger partial charge in [-0.1, -0.05) is 42.5 Å². The molecule has 1 aliphatic carbocycles. The lowest BCUT2D eigenvalue weighted by Crippen LogP contribution is -2.17. The van der Waals surface area contributed by atoms with Gasteiger partial charge in [0.2, 0.25) is 10.0 Å². The number of nitrogens with zero attached hydrogens (tertiary/aromatic N) is 1. The van der Waals surface area contributed by atoms with Crippen LogP contribution < -0.4 is 4.72 Å². The number of sulfonamides is 1. The van der Waals surface area contributed by atoms with Crippen molar-refractivity contribution in [2.24, 2.45) is 0 Å². The van der Waals surface area contributed by atoms with Gasteiger partial charge in [0.15, 0.2) is 0 Å². The van der Waals surface area contributed by atoms with E-state index in [9.17, 15) is 8.42 Å². The molecule has 0 saturated heterocycles. The van der Waals surface area contributed by atoms with Crippen LogP contribution in [0.5, 0.6) is 0 Å². The van der Waals surface area contributed by atoms with Crippen LogP contribution >= 0.6 is 0 Å². The molecule has 0 spiro atoms. The Hall–Kier alpha value is -2.40. The van der Waals surface area contributed by atoms with Gasteiger partial charge in [0.25, 0.3) is 0 Å². The van der Waals surface area contributed by atoms with Crippen molar-refractivity contribution in [2.75, 3.05) is 4.72 Å². The average Bonchev–Trinajstić information content (AvgIpc) is 3.41. The Labute approximate surface area is 135 Å². The van der Waals surface area contributed by atoms with Crippen molar-refractivity contribution in [1.29, 1.82) is 0 Å². The van der Waals surface area contributed by atoms with Crippen molar-refractivity contribution in [3.8, 4) is 11.1 Å². The highest BCUT2D eigenvalue weighted by atomic mass is 32.2. The lowest BCUT2D eigenvalue weighted by atomic mass is 10.00. The van der Waals surface area contributed by atoms with Crippen LogP contribution in [0.25, 0.3) is 22.0 Å². The largest absolute Gasteiger partial charge is 0.281 e. The number of hydrogen-bond donors (Lipinski definition) is 1. The lowest BCUT2D eigenvalue weighted by Gasteiger charge is -2.12. The summed E-state index contributed by atoms with van der Waals surface area (Å²) in [6.07, 6.45) is 3.16. The number of rotatable bonds is 4. The second-order valence-corrected chi connectivity index (χ2v) is 7.73. The van der Waals surface area contributed by atoms with Crippen molar-refractivity contribution >= 4 is 26.6 Å². The van der Waals surface area contributed by atoms with E-state index in [0.29, 0.717) is 11.2 Å². The molecule has 0 radical (unpaired) electrons. The van der Waals surface area contributed by atoms with Crippen LogP contribution in [-0.2, 0) is 10.0 Å². The lowest BCUT2D eigenvalue weighted by molar-refractivity contribution is 0.600. The first-order chi connectivity index (χ1) is 11.1. The summed E-state index contributed by atoms with van der Waals surface area (Å²) in [6, 6.07) is 17.6. The van der Waals surface area contributed by atoms with E-state index in [1.54, 1.807) is 12.3 Å². The highest BCUT2D eigenvalue weighted by Gasteiger charge is 2.36. The van der Waals surface area contributed by atoms with Crippen molar-refractivity contribution in [3.63, 3.8) is 0 Å². The SMILES string of the molecule is O=S(=O)(Nc1ccc(-c2ccccc2)c2cccnc12)C1CC1. The molecule has 4 nitrogen and oxygen atoms in total. The topological polar surface area (TPSA) is 59.1 Å². The minimum absolute atomic E-state index is 0.255. The molecule has 0 amide bonds. The molecule has 1 aromatic heterocycles. The first-order valence-corrected chi connectivity index (χ1v) is 9.14.